The zero-order chi connectivity index (χ0) is 13.6. The molecule has 1 aliphatic carbocycles. The molecule has 1 saturated heterocycles. The second-order valence-electron chi connectivity index (χ2n) is 5.00. The summed E-state index contributed by atoms with van der Waals surface area (Å²) < 4.78 is 0. The molecule has 3 rings (SSSR count). The van der Waals surface area contributed by atoms with Gasteiger partial charge in [0.05, 0.1) is 22.3 Å². The molecule has 5 heteroatoms. The molecule has 19 heavy (non-hydrogen) atoms. The summed E-state index contributed by atoms with van der Waals surface area (Å²) in [6.07, 6.45) is 2.22. The molecule has 2 unspecified atom stereocenters. The molecule has 0 aromatic heterocycles. The number of hydrogen-bond donors (Lipinski definition) is 0. The van der Waals surface area contributed by atoms with Crippen molar-refractivity contribution >= 4 is 29.1 Å². The van der Waals surface area contributed by atoms with Gasteiger partial charge in [0.1, 0.15) is 0 Å². The lowest BCUT2D eigenvalue weighted by atomic mass is 9.96. The zero-order valence-corrected chi connectivity index (χ0v) is 10.9. The van der Waals surface area contributed by atoms with Crippen molar-refractivity contribution in [1.82, 2.24) is 0 Å². The van der Waals surface area contributed by atoms with Gasteiger partial charge in [0.25, 0.3) is 0 Å². The fraction of sp³-hybridized carbons (Fsp3) is 0.357. The van der Waals surface area contributed by atoms with Gasteiger partial charge in [-0.2, -0.15) is 5.26 Å². The lowest BCUT2D eigenvalue weighted by molar-refractivity contribution is -0.132. The molecule has 1 aromatic rings. The number of benzene rings is 1. The summed E-state index contributed by atoms with van der Waals surface area (Å²) in [5.74, 6) is -0.445. The van der Waals surface area contributed by atoms with Gasteiger partial charge in [0.15, 0.2) is 0 Å². The minimum Gasteiger partial charge on any atom is -0.274 e. The van der Waals surface area contributed by atoms with Crippen LogP contribution in [0.2, 0.25) is 5.02 Å². The Kier molecular flexibility index (Phi) is 2.79. The van der Waals surface area contributed by atoms with Crippen LogP contribution < -0.4 is 4.90 Å². The molecule has 0 N–H and O–H groups in total. The van der Waals surface area contributed by atoms with Crippen molar-refractivity contribution in [2.75, 3.05) is 4.90 Å². The Hall–Kier alpha value is -1.86. The van der Waals surface area contributed by atoms with Crippen molar-refractivity contribution in [2.45, 2.75) is 19.3 Å². The van der Waals surface area contributed by atoms with Gasteiger partial charge >= 0.3 is 0 Å². The smallest absolute Gasteiger partial charge is 0.236 e. The molecule has 0 spiro atoms. The second kappa shape index (κ2) is 4.36. The third-order valence-corrected chi connectivity index (χ3v) is 4.19. The molecule has 1 saturated carbocycles. The van der Waals surface area contributed by atoms with E-state index in [1.165, 1.54) is 11.0 Å². The number of amides is 2. The number of imide groups is 1. The first-order valence-corrected chi connectivity index (χ1v) is 6.57. The van der Waals surface area contributed by atoms with E-state index in [0.29, 0.717) is 17.7 Å². The Morgan fingerprint density at radius 1 is 1.21 bits per heavy atom. The van der Waals surface area contributed by atoms with Crippen LogP contribution in [0.25, 0.3) is 0 Å². The van der Waals surface area contributed by atoms with E-state index >= 15 is 0 Å². The standard InChI is InChI=1S/C14H11ClN2O2/c15-11-5-8(7-16)1-4-12(11)17-13(18)9-2-3-10(6-9)14(17)19/h1,4-5,9-10H,2-3,6H2. The minimum atomic E-state index is -0.162. The van der Waals surface area contributed by atoms with Crippen LogP contribution in [0.15, 0.2) is 18.2 Å². The molecule has 1 aromatic carbocycles. The van der Waals surface area contributed by atoms with Gasteiger partial charge in [-0.1, -0.05) is 11.6 Å². The van der Waals surface area contributed by atoms with Crippen molar-refractivity contribution in [3.05, 3.63) is 28.8 Å². The lowest BCUT2D eigenvalue weighted by Gasteiger charge is -2.30. The molecule has 2 fully saturated rings. The van der Waals surface area contributed by atoms with Crippen LogP contribution in [0, 0.1) is 23.2 Å². The van der Waals surface area contributed by atoms with Gasteiger partial charge in [-0.25, -0.2) is 4.90 Å². The van der Waals surface area contributed by atoms with Crippen molar-refractivity contribution in [3.63, 3.8) is 0 Å². The van der Waals surface area contributed by atoms with Crippen LogP contribution in [-0.4, -0.2) is 11.8 Å². The van der Waals surface area contributed by atoms with E-state index in [-0.39, 0.29) is 28.7 Å². The third kappa shape index (κ3) is 1.82. The van der Waals surface area contributed by atoms with E-state index in [2.05, 4.69) is 0 Å². The van der Waals surface area contributed by atoms with E-state index in [1.807, 2.05) is 6.07 Å². The highest BCUT2D eigenvalue weighted by atomic mass is 35.5. The van der Waals surface area contributed by atoms with Crippen LogP contribution in [0.4, 0.5) is 5.69 Å². The molecule has 1 heterocycles. The number of halogens is 1. The summed E-state index contributed by atoms with van der Waals surface area (Å²) in [4.78, 5) is 25.8. The number of nitrogens with zero attached hydrogens (tertiary/aromatic N) is 2. The number of rotatable bonds is 1. The maximum Gasteiger partial charge on any atom is 0.236 e. The average molecular weight is 275 g/mol. The normalized spacial score (nSPS) is 25.6. The first-order valence-electron chi connectivity index (χ1n) is 6.19. The number of nitriles is 1. The number of carbonyl (C=O) groups excluding carboxylic acids is 2. The van der Waals surface area contributed by atoms with Crippen molar-refractivity contribution < 1.29 is 9.59 Å². The molecule has 2 atom stereocenters. The summed E-state index contributed by atoms with van der Waals surface area (Å²) in [7, 11) is 0. The van der Waals surface area contributed by atoms with E-state index < -0.39 is 0 Å². The van der Waals surface area contributed by atoms with E-state index in [4.69, 9.17) is 16.9 Å². The Morgan fingerprint density at radius 3 is 2.37 bits per heavy atom. The third-order valence-electron chi connectivity index (χ3n) is 3.89. The van der Waals surface area contributed by atoms with Gasteiger partial charge in [0, 0.05) is 11.8 Å². The number of anilines is 1. The van der Waals surface area contributed by atoms with Gasteiger partial charge < -0.3 is 0 Å². The van der Waals surface area contributed by atoms with Crippen molar-refractivity contribution in [1.29, 1.82) is 5.26 Å². The molecule has 2 aliphatic rings. The summed E-state index contributed by atoms with van der Waals surface area (Å²) in [6, 6.07) is 6.60. The van der Waals surface area contributed by atoms with Crippen molar-refractivity contribution in [3.8, 4) is 6.07 Å². The Labute approximate surface area is 115 Å². The maximum atomic E-state index is 12.3. The summed E-state index contributed by atoms with van der Waals surface area (Å²) in [6.45, 7) is 0. The topological polar surface area (TPSA) is 61.2 Å². The minimum absolute atomic E-state index is 0.0607. The van der Waals surface area contributed by atoms with Gasteiger partial charge in [-0.05, 0) is 37.5 Å². The second-order valence-corrected chi connectivity index (χ2v) is 5.40. The molecule has 4 nitrogen and oxygen atoms in total. The van der Waals surface area contributed by atoms with E-state index in [0.717, 1.165) is 12.8 Å². The highest BCUT2D eigenvalue weighted by Crippen LogP contribution is 2.41. The molecular formula is C14H11ClN2O2. The highest BCUT2D eigenvalue weighted by molar-refractivity contribution is 6.35. The molecule has 2 amide bonds. The van der Waals surface area contributed by atoms with Crippen LogP contribution in [-0.2, 0) is 9.59 Å². The SMILES string of the molecule is N#Cc1ccc(N2C(=O)C3CCC(C3)C2=O)c(Cl)c1. The predicted octanol–water partition coefficient (Wildman–Crippen LogP) is 2.50. The van der Waals surface area contributed by atoms with Gasteiger partial charge in [-0.15, -0.1) is 0 Å². The molecule has 1 aliphatic heterocycles. The highest BCUT2D eigenvalue weighted by Gasteiger charge is 2.46. The van der Waals surface area contributed by atoms with Crippen LogP contribution in [0.1, 0.15) is 24.8 Å². The maximum absolute atomic E-state index is 12.3. The molecule has 0 radical (unpaired) electrons. The Morgan fingerprint density at radius 2 is 1.84 bits per heavy atom. The molecule has 2 bridgehead atoms. The van der Waals surface area contributed by atoms with Crippen LogP contribution in [0.3, 0.4) is 0 Å². The zero-order valence-electron chi connectivity index (χ0n) is 10.1. The van der Waals surface area contributed by atoms with E-state index in [9.17, 15) is 9.59 Å². The summed E-state index contributed by atoms with van der Waals surface area (Å²) in [5, 5.41) is 9.07. The Bertz CT molecular complexity index is 598. The quantitative estimate of drug-likeness (QED) is 0.739. The molecule has 96 valence electrons. The number of hydrogen-bond acceptors (Lipinski definition) is 3. The first kappa shape index (κ1) is 12.2. The predicted molar refractivity (Wildman–Crippen MR) is 69.5 cm³/mol. The number of fused-ring (bicyclic) bond motifs is 2. The first-order chi connectivity index (χ1) is 9.11. The lowest BCUT2D eigenvalue weighted by Crippen LogP contribution is -2.46. The number of carbonyl (C=O) groups is 2. The fourth-order valence-electron chi connectivity index (χ4n) is 2.90. The number of piperidine rings is 1. The summed E-state index contributed by atoms with van der Waals surface area (Å²) in [5.41, 5.74) is 0.806. The van der Waals surface area contributed by atoms with Crippen LogP contribution in [0.5, 0.6) is 0 Å². The monoisotopic (exact) mass is 274 g/mol. The van der Waals surface area contributed by atoms with Gasteiger partial charge in [0.2, 0.25) is 11.8 Å². The Balaban J connectivity index is 2.04. The summed E-state index contributed by atoms with van der Waals surface area (Å²) >= 11 is 6.09. The van der Waals surface area contributed by atoms with Crippen LogP contribution >= 0.6 is 11.6 Å². The largest absolute Gasteiger partial charge is 0.274 e. The fourth-order valence-corrected chi connectivity index (χ4v) is 3.16. The van der Waals surface area contributed by atoms with Gasteiger partial charge in [-0.3, -0.25) is 9.59 Å². The van der Waals surface area contributed by atoms with E-state index in [1.54, 1.807) is 12.1 Å². The average Bonchev–Trinajstić information content (AvgIpc) is 2.85. The van der Waals surface area contributed by atoms with Crippen molar-refractivity contribution in [2.24, 2.45) is 11.8 Å². The molecular weight excluding hydrogens is 264 g/mol.